The second-order valence-corrected chi connectivity index (χ2v) is 9.48. The molecule has 0 atom stereocenters. The maximum atomic E-state index is 5.80. The molecule has 1 aliphatic heterocycles. The van der Waals surface area contributed by atoms with Crippen molar-refractivity contribution in [3.8, 4) is 0 Å². The smallest absolute Gasteiger partial charge is 0.183 e. The number of aliphatic imine (C=N–C) groups is 1. The summed E-state index contributed by atoms with van der Waals surface area (Å²) in [6.45, 7) is 8.71. The van der Waals surface area contributed by atoms with E-state index in [0.29, 0.717) is 0 Å². The van der Waals surface area contributed by atoms with E-state index < -0.39 is 8.32 Å². The third kappa shape index (κ3) is 5.55. The van der Waals surface area contributed by atoms with Gasteiger partial charge in [-0.1, -0.05) is 0 Å². The first-order chi connectivity index (χ1) is 6.58. The summed E-state index contributed by atoms with van der Waals surface area (Å²) in [4.78, 5) is 4.54. The number of rotatable bonds is 5. The van der Waals surface area contributed by atoms with Crippen LogP contribution in [0.4, 0.5) is 0 Å². The Kier molecular flexibility index (Phi) is 4.82. The van der Waals surface area contributed by atoms with Gasteiger partial charge in [-0.2, -0.15) is 0 Å². The topological polar surface area (TPSA) is 21.6 Å². The minimum Gasteiger partial charge on any atom is -0.418 e. The highest BCUT2D eigenvalue weighted by Crippen LogP contribution is 2.11. The summed E-state index contributed by atoms with van der Waals surface area (Å²) in [6.07, 6.45) is 6.17. The maximum Gasteiger partial charge on any atom is 0.183 e. The zero-order valence-electron chi connectivity index (χ0n) is 9.81. The highest BCUT2D eigenvalue weighted by Gasteiger charge is 2.13. The van der Waals surface area contributed by atoms with Gasteiger partial charge in [0.15, 0.2) is 8.32 Å². The van der Waals surface area contributed by atoms with Crippen LogP contribution in [-0.2, 0) is 4.43 Å². The lowest BCUT2D eigenvalue weighted by atomic mass is 10.1. The van der Waals surface area contributed by atoms with Crippen molar-refractivity contribution in [2.75, 3.05) is 13.2 Å². The van der Waals surface area contributed by atoms with Crippen molar-refractivity contribution in [2.24, 2.45) is 4.99 Å². The zero-order valence-corrected chi connectivity index (χ0v) is 10.8. The summed E-state index contributed by atoms with van der Waals surface area (Å²) in [5.74, 6) is 0. The lowest BCUT2D eigenvalue weighted by Crippen LogP contribution is -2.26. The lowest BCUT2D eigenvalue weighted by molar-refractivity contribution is 0.307. The van der Waals surface area contributed by atoms with Crippen molar-refractivity contribution < 1.29 is 4.43 Å². The summed E-state index contributed by atoms with van der Waals surface area (Å²) in [5.41, 5.74) is 1.43. The van der Waals surface area contributed by atoms with Crippen LogP contribution in [0.15, 0.2) is 4.99 Å². The molecule has 1 rings (SSSR count). The van der Waals surface area contributed by atoms with Crippen LogP contribution >= 0.6 is 0 Å². The van der Waals surface area contributed by atoms with E-state index in [1.54, 1.807) is 0 Å². The van der Waals surface area contributed by atoms with Crippen molar-refractivity contribution in [3.63, 3.8) is 0 Å². The van der Waals surface area contributed by atoms with E-state index in [-0.39, 0.29) is 0 Å². The van der Waals surface area contributed by atoms with Crippen molar-refractivity contribution in [3.05, 3.63) is 0 Å². The Labute approximate surface area is 88.9 Å². The molecular formula is C11H23NOSi. The average Bonchev–Trinajstić information content (AvgIpc) is 2.13. The first-order valence-corrected chi connectivity index (χ1v) is 9.15. The van der Waals surface area contributed by atoms with Gasteiger partial charge in [0.2, 0.25) is 0 Å². The first kappa shape index (κ1) is 11.9. The zero-order chi connectivity index (χ0) is 10.4. The van der Waals surface area contributed by atoms with E-state index in [1.807, 2.05) is 0 Å². The molecule has 0 aliphatic carbocycles. The molecule has 82 valence electrons. The van der Waals surface area contributed by atoms with Gasteiger partial charge in [0, 0.05) is 18.9 Å². The largest absolute Gasteiger partial charge is 0.418 e. The SMILES string of the molecule is C[Si](C)(C)OCCCC1=NCCCC1. The van der Waals surface area contributed by atoms with E-state index in [4.69, 9.17) is 4.43 Å². The molecule has 14 heavy (non-hydrogen) atoms. The summed E-state index contributed by atoms with van der Waals surface area (Å²) in [6, 6.07) is 0. The summed E-state index contributed by atoms with van der Waals surface area (Å²) in [5, 5.41) is 0. The molecule has 0 bridgehead atoms. The van der Waals surface area contributed by atoms with Crippen LogP contribution in [-0.4, -0.2) is 27.2 Å². The van der Waals surface area contributed by atoms with Crippen molar-refractivity contribution in [1.29, 1.82) is 0 Å². The summed E-state index contributed by atoms with van der Waals surface area (Å²) >= 11 is 0. The normalized spacial score (nSPS) is 18.1. The Morgan fingerprint density at radius 1 is 1.29 bits per heavy atom. The molecule has 0 spiro atoms. The molecule has 2 nitrogen and oxygen atoms in total. The summed E-state index contributed by atoms with van der Waals surface area (Å²) in [7, 11) is -1.28. The fraction of sp³-hybridized carbons (Fsp3) is 0.909. The van der Waals surface area contributed by atoms with E-state index in [0.717, 1.165) is 26.0 Å². The van der Waals surface area contributed by atoms with Gasteiger partial charge in [0.25, 0.3) is 0 Å². The maximum absolute atomic E-state index is 5.80. The fourth-order valence-corrected chi connectivity index (χ4v) is 2.37. The Balaban J connectivity index is 2.06. The molecule has 1 aliphatic rings. The molecule has 0 radical (unpaired) electrons. The van der Waals surface area contributed by atoms with Gasteiger partial charge >= 0.3 is 0 Å². The molecule has 0 aromatic carbocycles. The summed E-state index contributed by atoms with van der Waals surface area (Å²) < 4.78 is 5.80. The monoisotopic (exact) mass is 213 g/mol. The van der Waals surface area contributed by atoms with E-state index in [9.17, 15) is 0 Å². The van der Waals surface area contributed by atoms with Gasteiger partial charge in [-0.3, -0.25) is 4.99 Å². The second-order valence-electron chi connectivity index (χ2n) is 4.97. The van der Waals surface area contributed by atoms with Crippen molar-refractivity contribution in [1.82, 2.24) is 0 Å². The predicted octanol–water partition coefficient (Wildman–Crippen LogP) is 3.24. The first-order valence-electron chi connectivity index (χ1n) is 5.74. The van der Waals surface area contributed by atoms with Crippen LogP contribution in [0.25, 0.3) is 0 Å². The van der Waals surface area contributed by atoms with Crippen LogP contribution < -0.4 is 0 Å². The Hall–Kier alpha value is -0.153. The molecule has 0 N–H and O–H groups in total. The van der Waals surface area contributed by atoms with Crippen LogP contribution in [0.5, 0.6) is 0 Å². The standard InChI is InChI=1S/C11H23NOSi/c1-14(2,3)13-10-6-8-11-7-4-5-9-12-11/h4-10H2,1-3H3. The fourth-order valence-electron chi connectivity index (χ4n) is 1.62. The lowest BCUT2D eigenvalue weighted by Gasteiger charge is -2.17. The predicted molar refractivity (Wildman–Crippen MR) is 64.7 cm³/mol. The van der Waals surface area contributed by atoms with Gasteiger partial charge in [-0.25, -0.2) is 0 Å². The molecule has 3 heteroatoms. The van der Waals surface area contributed by atoms with Gasteiger partial charge in [0.1, 0.15) is 0 Å². The molecule has 0 aromatic rings. The molecule has 1 heterocycles. The Bertz CT molecular complexity index is 196. The molecule has 0 unspecified atom stereocenters. The third-order valence-corrected chi connectivity index (χ3v) is 3.42. The molecule has 0 amide bonds. The molecule has 0 aromatic heterocycles. The van der Waals surface area contributed by atoms with Gasteiger partial charge < -0.3 is 4.43 Å². The van der Waals surface area contributed by atoms with E-state index in [1.165, 1.54) is 25.0 Å². The molecule has 0 saturated carbocycles. The van der Waals surface area contributed by atoms with Crippen LogP contribution in [0, 0.1) is 0 Å². The number of nitrogens with zero attached hydrogens (tertiary/aromatic N) is 1. The minimum absolute atomic E-state index is 0.925. The Morgan fingerprint density at radius 2 is 2.07 bits per heavy atom. The van der Waals surface area contributed by atoms with Crippen molar-refractivity contribution >= 4 is 14.0 Å². The molecular weight excluding hydrogens is 190 g/mol. The second kappa shape index (κ2) is 5.66. The van der Waals surface area contributed by atoms with Gasteiger partial charge in [-0.05, 0) is 51.7 Å². The minimum atomic E-state index is -1.28. The van der Waals surface area contributed by atoms with E-state index >= 15 is 0 Å². The number of hydrogen-bond acceptors (Lipinski definition) is 2. The average molecular weight is 213 g/mol. The Morgan fingerprint density at radius 3 is 2.64 bits per heavy atom. The third-order valence-electron chi connectivity index (χ3n) is 2.35. The van der Waals surface area contributed by atoms with Crippen LogP contribution in [0.2, 0.25) is 19.6 Å². The molecule has 0 fully saturated rings. The highest BCUT2D eigenvalue weighted by molar-refractivity contribution is 6.69. The van der Waals surface area contributed by atoms with Crippen molar-refractivity contribution in [2.45, 2.75) is 51.7 Å². The van der Waals surface area contributed by atoms with Crippen LogP contribution in [0.1, 0.15) is 32.1 Å². The van der Waals surface area contributed by atoms with Gasteiger partial charge in [-0.15, -0.1) is 0 Å². The number of hydrogen-bond donors (Lipinski definition) is 0. The van der Waals surface area contributed by atoms with E-state index in [2.05, 4.69) is 24.6 Å². The van der Waals surface area contributed by atoms with Crippen LogP contribution in [0.3, 0.4) is 0 Å². The quantitative estimate of drug-likeness (QED) is 0.507. The molecule has 0 saturated heterocycles. The highest BCUT2D eigenvalue weighted by atomic mass is 28.4. The van der Waals surface area contributed by atoms with Gasteiger partial charge in [0.05, 0.1) is 0 Å².